The van der Waals surface area contributed by atoms with Crippen molar-refractivity contribution in [3.05, 3.63) is 25.0 Å². The summed E-state index contributed by atoms with van der Waals surface area (Å²) in [6.45, 7) is 0. The Morgan fingerprint density at radius 3 is 2.75 bits per heavy atom. The highest BCUT2D eigenvalue weighted by atomic mass is 16.5. The Morgan fingerprint density at radius 2 is 2.00 bits per heavy atom. The van der Waals surface area contributed by atoms with E-state index < -0.39 is 0 Å². The first-order chi connectivity index (χ1) is 9.78. The van der Waals surface area contributed by atoms with Gasteiger partial charge in [0.1, 0.15) is 12.7 Å². The van der Waals surface area contributed by atoms with Gasteiger partial charge in [-0.1, -0.05) is 0 Å². The molecule has 0 saturated heterocycles. The van der Waals surface area contributed by atoms with E-state index in [1.807, 2.05) is 0 Å². The van der Waals surface area contributed by atoms with Crippen LogP contribution in [0.5, 0.6) is 5.88 Å². The number of hydrogen-bond donors (Lipinski definition) is 1. The topological polar surface area (TPSA) is 130 Å². The molecule has 20 heavy (non-hydrogen) atoms. The van der Waals surface area contributed by atoms with Gasteiger partial charge in [0.25, 0.3) is 5.95 Å². The fraction of sp³-hybridized carbons (Fsp3) is 0.100. The van der Waals surface area contributed by atoms with Gasteiger partial charge in [0.2, 0.25) is 11.8 Å². The number of nitrogen functional groups attached to an aromatic ring is 1. The Kier molecular flexibility index (Phi) is 2.88. The maximum atomic E-state index is 5.68. The third kappa shape index (κ3) is 2.09. The highest BCUT2D eigenvalue weighted by Gasteiger charge is 2.15. The van der Waals surface area contributed by atoms with E-state index in [9.17, 15) is 0 Å². The molecule has 0 radical (unpaired) electrons. The van der Waals surface area contributed by atoms with Crippen LogP contribution >= 0.6 is 0 Å². The third-order valence-electron chi connectivity index (χ3n) is 2.33. The van der Waals surface area contributed by atoms with Gasteiger partial charge in [-0.3, -0.25) is 0 Å². The summed E-state index contributed by atoms with van der Waals surface area (Å²) in [6.07, 6.45) is 5.83. The molecule has 0 bridgehead atoms. The molecule has 3 rings (SSSR count). The zero-order chi connectivity index (χ0) is 13.9. The normalized spacial score (nSPS) is 10.4. The molecule has 0 aromatic carbocycles. The number of anilines is 1. The number of ether oxygens (including phenoxy) is 1. The Balaban J connectivity index is 2.15. The van der Waals surface area contributed by atoms with Gasteiger partial charge in [-0.25, -0.2) is 15.0 Å². The van der Waals surface area contributed by atoms with Gasteiger partial charge in [0.15, 0.2) is 11.5 Å². The number of rotatable bonds is 3. The molecule has 0 aliphatic carbocycles. The summed E-state index contributed by atoms with van der Waals surface area (Å²) in [5, 5.41) is 3.93. The van der Waals surface area contributed by atoms with Gasteiger partial charge in [0.05, 0.1) is 7.11 Å². The Bertz CT molecular complexity index is 727. The van der Waals surface area contributed by atoms with Crippen molar-refractivity contribution < 1.29 is 4.74 Å². The van der Waals surface area contributed by atoms with Crippen molar-refractivity contribution >= 4 is 5.95 Å². The maximum absolute atomic E-state index is 5.68. The van der Waals surface area contributed by atoms with Crippen LogP contribution in [0.15, 0.2) is 25.0 Å². The summed E-state index contributed by atoms with van der Waals surface area (Å²) < 4.78 is 6.49. The second-order valence-electron chi connectivity index (χ2n) is 3.57. The van der Waals surface area contributed by atoms with Gasteiger partial charge >= 0.3 is 0 Å². The first-order valence-corrected chi connectivity index (χ1v) is 5.50. The molecule has 10 nitrogen and oxygen atoms in total. The number of nitrogens with two attached hydrogens (primary N) is 1. The molecule has 0 unspecified atom stereocenters. The molecule has 3 heterocycles. The van der Waals surface area contributed by atoms with Crippen molar-refractivity contribution in [2.24, 2.45) is 0 Å². The van der Waals surface area contributed by atoms with Gasteiger partial charge in [-0.2, -0.15) is 24.7 Å². The van der Waals surface area contributed by atoms with Crippen LogP contribution in [-0.2, 0) is 0 Å². The van der Waals surface area contributed by atoms with Crippen LogP contribution in [-0.4, -0.2) is 46.8 Å². The van der Waals surface area contributed by atoms with Crippen molar-refractivity contribution in [1.82, 2.24) is 39.7 Å². The van der Waals surface area contributed by atoms with E-state index in [-0.39, 0.29) is 17.7 Å². The molecule has 0 aliphatic rings. The first-order valence-electron chi connectivity index (χ1n) is 5.50. The van der Waals surface area contributed by atoms with E-state index in [1.54, 1.807) is 0 Å². The minimum atomic E-state index is 0.0354. The zero-order valence-electron chi connectivity index (χ0n) is 10.4. The van der Waals surface area contributed by atoms with Gasteiger partial charge in [-0.05, 0) is 0 Å². The molecule has 0 atom stereocenters. The fourth-order valence-electron chi connectivity index (χ4n) is 1.53. The van der Waals surface area contributed by atoms with E-state index in [0.29, 0.717) is 11.6 Å². The Labute approximate surface area is 112 Å². The molecule has 0 saturated carbocycles. The number of hydrogen-bond acceptors (Lipinski definition) is 9. The quantitative estimate of drug-likeness (QED) is 0.669. The van der Waals surface area contributed by atoms with Crippen LogP contribution in [0.3, 0.4) is 0 Å². The van der Waals surface area contributed by atoms with Crippen molar-refractivity contribution in [3.63, 3.8) is 0 Å². The Hall–Kier alpha value is -3.17. The molecule has 3 aromatic rings. The van der Waals surface area contributed by atoms with Crippen LogP contribution in [0.1, 0.15) is 0 Å². The van der Waals surface area contributed by atoms with Crippen molar-refractivity contribution in [2.75, 3.05) is 12.8 Å². The molecule has 0 aliphatic heterocycles. The summed E-state index contributed by atoms with van der Waals surface area (Å²) >= 11 is 0. The van der Waals surface area contributed by atoms with Crippen LogP contribution in [0.2, 0.25) is 0 Å². The summed E-state index contributed by atoms with van der Waals surface area (Å²) in [7, 11) is 1.48. The smallest absolute Gasteiger partial charge is 0.257 e. The zero-order valence-corrected chi connectivity index (χ0v) is 10.4. The van der Waals surface area contributed by atoms with Crippen molar-refractivity contribution in [2.45, 2.75) is 0 Å². The van der Waals surface area contributed by atoms with Crippen LogP contribution in [0.25, 0.3) is 17.5 Å². The lowest BCUT2D eigenvalue weighted by Crippen LogP contribution is -2.09. The largest absolute Gasteiger partial charge is 0.479 e. The lowest BCUT2D eigenvalue weighted by atomic mass is 10.4. The molecule has 0 spiro atoms. The average molecular weight is 271 g/mol. The molecule has 0 fully saturated rings. The van der Waals surface area contributed by atoms with Gasteiger partial charge in [0, 0.05) is 12.4 Å². The third-order valence-corrected chi connectivity index (χ3v) is 2.33. The van der Waals surface area contributed by atoms with E-state index in [0.717, 1.165) is 0 Å². The minimum Gasteiger partial charge on any atom is -0.479 e. The maximum Gasteiger partial charge on any atom is 0.257 e. The van der Waals surface area contributed by atoms with Crippen molar-refractivity contribution in [1.29, 1.82) is 0 Å². The summed E-state index contributed by atoms with van der Waals surface area (Å²) in [4.78, 5) is 24.2. The van der Waals surface area contributed by atoms with E-state index in [1.165, 1.54) is 36.8 Å². The number of methoxy groups -OCH3 is 1. The first kappa shape index (κ1) is 11.9. The second kappa shape index (κ2) is 4.84. The molecular weight excluding hydrogens is 262 g/mol. The predicted molar refractivity (Wildman–Crippen MR) is 66.7 cm³/mol. The second-order valence-corrected chi connectivity index (χ2v) is 3.57. The molecule has 0 amide bonds. The van der Waals surface area contributed by atoms with Crippen LogP contribution in [0, 0.1) is 0 Å². The highest BCUT2D eigenvalue weighted by molar-refractivity contribution is 5.57. The summed E-state index contributed by atoms with van der Waals surface area (Å²) in [5.41, 5.74) is 6.05. The molecule has 2 N–H and O–H groups in total. The number of aromatic nitrogens is 8. The number of nitrogens with zero attached hydrogens (tertiary/aromatic N) is 8. The van der Waals surface area contributed by atoms with Crippen molar-refractivity contribution in [3.8, 4) is 23.3 Å². The lowest BCUT2D eigenvalue weighted by molar-refractivity contribution is 0.397. The Morgan fingerprint density at radius 1 is 1.15 bits per heavy atom. The molecule has 3 aromatic heterocycles. The summed E-state index contributed by atoms with van der Waals surface area (Å²) in [5.74, 6) is 0.807. The lowest BCUT2D eigenvalue weighted by Gasteiger charge is -2.06. The van der Waals surface area contributed by atoms with E-state index in [2.05, 4.69) is 35.0 Å². The monoisotopic (exact) mass is 271 g/mol. The SMILES string of the molecule is COc1nccnc1-c1nc(N)nc(-n2cncn2)n1. The van der Waals surface area contributed by atoms with Gasteiger partial charge < -0.3 is 10.5 Å². The molecular formula is C10H9N9O. The summed E-state index contributed by atoms with van der Waals surface area (Å²) in [6, 6.07) is 0. The predicted octanol–water partition coefficient (Wildman–Crippen LogP) is -0.500. The standard InChI is InChI=1S/C10H9N9O/c1-20-8-6(13-2-3-14-8)7-16-9(11)18-10(17-7)19-5-12-4-15-19/h2-5H,1H3,(H2,11,16,17,18). The highest BCUT2D eigenvalue weighted by Crippen LogP contribution is 2.22. The molecule has 100 valence electrons. The van der Waals surface area contributed by atoms with Gasteiger partial charge in [-0.15, -0.1) is 0 Å². The van der Waals surface area contributed by atoms with E-state index in [4.69, 9.17) is 10.5 Å². The fourth-order valence-corrected chi connectivity index (χ4v) is 1.53. The molecule has 10 heteroatoms. The van der Waals surface area contributed by atoms with Crippen LogP contribution in [0.4, 0.5) is 5.95 Å². The van der Waals surface area contributed by atoms with E-state index >= 15 is 0 Å². The van der Waals surface area contributed by atoms with Crippen LogP contribution < -0.4 is 10.5 Å². The average Bonchev–Trinajstić information content (AvgIpc) is 3.01. The minimum absolute atomic E-state index is 0.0354.